The van der Waals surface area contributed by atoms with Gasteiger partial charge >= 0.3 is 0 Å². The SMILES string of the molecule is Cc1ccc(CN2CCCC23CCCN(C(=O)CCc2cccnc2)C3)o1. The summed E-state index contributed by atoms with van der Waals surface area (Å²) < 4.78 is 5.81. The second-order valence-corrected chi connectivity index (χ2v) is 8.04. The van der Waals surface area contributed by atoms with E-state index in [-0.39, 0.29) is 11.4 Å². The van der Waals surface area contributed by atoms with Gasteiger partial charge in [-0.2, -0.15) is 0 Å². The van der Waals surface area contributed by atoms with Crippen LogP contribution >= 0.6 is 0 Å². The lowest BCUT2D eigenvalue weighted by molar-refractivity contribution is -0.135. The molecule has 0 radical (unpaired) electrons. The average Bonchev–Trinajstić information content (AvgIpc) is 3.27. The van der Waals surface area contributed by atoms with Crippen LogP contribution in [0.4, 0.5) is 0 Å². The molecule has 27 heavy (non-hydrogen) atoms. The molecule has 2 aromatic heterocycles. The molecule has 2 aliphatic rings. The molecule has 2 fully saturated rings. The minimum atomic E-state index is 0.128. The second-order valence-electron chi connectivity index (χ2n) is 8.04. The van der Waals surface area contributed by atoms with Crippen LogP contribution < -0.4 is 0 Å². The molecule has 2 saturated heterocycles. The number of rotatable bonds is 5. The molecule has 0 N–H and O–H groups in total. The molecule has 2 aromatic rings. The summed E-state index contributed by atoms with van der Waals surface area (Å²) in [6, 6.07) is 8.10. The van der Waals surface area contributed by atoms with Crippen molar-refractivity contribution in [1.82, 2.24) is 14.8 Å². The number of nitrogens with zero attached hydrogens (tertiary/aromatic N) is 3. The van der Waals surface area contributed by atoms with E-state index < -0.39 is 0 Å². The van der Waals surface area contributed by atoms with Gasteiger partial charge in [0.1, 0.15) is 11.5 Å². The van der Waals surface area contributed by atoms with Crippen molar-refractivity contribution in [3.05, 3.63) is 53.7 Å². The quantitative estimate of drug-likeness (QED) is 0.811. The van der Waals surface area contributed by atoms with Crippen molar-refractivity contribution in [2.24, 2.45) is 0 Å². The third kappa shape index (κ3) is 4.08. The number of aryl methyl sites for hydroxylation is 2. The molecular weight excluding hydrogens is 338 g/mol. The normalized spacial score (nSPS) is 23.2. The van der Waals surface area contributed by atoms with Gasteiger partial charge in [-0.3, -0.25) is 14.7 Å². The van der Waals surface area contributed by atoms with Gasteiger partial charge in [0.15, 0.2) is 0 Å². The van der Waals surface area contributed by atoms with Crippen molar-refractivity contribution < 1.29 is 9.21 Å². The fourth-order valence-electron chi connectivity index (χ4n) is 4.74. The van der Waals surface area contributed by atoms with Gasteiger partial charge in [0.2, 0.25) is 5.91 Å². The lowest BCUT2D eigenvalue weighted by atomic mass is 9.86. The van der Waals surface area contributed by atoms with Crippen molar-refractivity contribution >= 4 is 5.91 Å². The number of likely N-dealkylation sites (tertiary alicyclic amines) is 2. The van der Waals surface area contributed by atoms with E-state index in [0.717, 1.165) is 56.1 Å². The molecule has 0 aromatic carbocycles. The minimum Gasteiger partial charge on any atom is -0.465 e. The first kappa shape index (κ1) is 18.2. The van der Waals surface area contributed by atoms with Crippen LogP contribution in [0.15, 0.2) is 41.1 Å². The van der Waals surface area contributed by atoms with E-state index in [4.69, 9.17) is 4.42 Å². The topological polar surface area (TPSA) is 49.6 Å². The Balaban J connectivity index is 1.39. The monoisotopic (exact) mass is 367 g/mol. The third-order valence-corrected chi connectivity index (χ3v) is 6.14. The Kier molecular flexibility index (Phi) is 5.30. The van der Waals surface area contributed by atoms with Crippen LogP contribution in [0.3, 0.4) is 0 Å². The van der Waals surface area contributed by atoms with Gasteiger partial charge in [0.25, 0.3) is 0 Å². The Labute approximate surface area is 161 Å². The molecule has 1 amide bonds. The first-order valence-corrected chi connectivity index (χ1v) is 10.1. The zero-order chi connectivity index (χ0) is 18.7. The lowest BCUT2D eigenvalue weighted by Gasteiger charge is -2.46. The fourth-order valence-corrected chi connectivity index (χ4v) is 4.74. The number of pyridine rings is 1. The zero-order valence-electron chi connectivity index (χ0n) is 16.2. The molecule has 1 spiro atoms. The van der Waals surface area contributed by atoms with Crippen molar-refractivity contribution in [2.75, 3.05) is 19.6 Å². The third-order valence-electron chi connectivity index (χ3n) is 6.14. The van der Waals surface area contributed by atoms with Gasteiger partial charge in [-0.25, -0.2) is 0 Å². The predicted molar refractivity (Wildman–Crippen MR) is 104 cm³/mol. The zero-order valence-corrected chi connectivity index (χ0v) is 16.2. The van der Waals surface area contributed by atoms with E-state index in [2.05, 4.69) is 20.9 Å². The molecule has 5 heteroatoms. The molecule has 4 heterocycles. The van der Waals surface area contributed by atoms with E-state index in [1.165, 1.54) is 19.3 Å². The smallest absolute Gasteiger partial charge is 0.222 e. The van der Waals surface area contributed by atoms with E-state index in [1.54, 1.807) is 6.20 Å². The highest BCUT2D eigenvalue weighted by Gasteiger charge is 2.44. The van der Waals surface area contributed by atoms with Crippen LogP contribution in [0.2, 0.25) is 0 Å². The second kappa shape index (κ2) is 7.85. The first-order valence-electron chi connectivity index (χ1n) is 10.1. The Bertz CT molecular complexity index is 773. The van der Waals surface area contributed by atoms with Crippen LogP contribution in [0.25, 0.3) is 0 Å². The number of carbonyl (C=O) groups is 1. The molecule has 144 valence electrons. The van der Waals surface area contributed by atoms with E-state index in [9.17, 15) is 4.79 Å². The highest BCUT2D eigenvalue weighted by Crippen LogP contribution is 2.38. The van der Waals surface area contributed by atoms with E-state index in [1.807, 2.05) is 31.3 Å². The number of piperidine rings is 1. The Hall–Kier alpha value is -2.14. The Morgan fingerprint density at radius 3 is 2.81 bits per heavy atom. The number of furan rings is 1. The summed E-state index contributed by atoms with van der Waals surface area (Å²) in [6.07, 6.45) is 9.62. The van der Waals surface area contributed by atoms with Crippen LogP contribution in [-0.4, -0.2) is 45.9 Å². The summed E-state index contributed by atoms with van der Waals surface area (Å²) >= 11 is 0. The summed E-state index contributed by atoms with van der Waals surface area (Å²) in [5.74, 6) is 2.28. The number of amides is 1. The predicted octanol–water partition coefficient (Wildman–Crippen LogP) is 3.57. The summed E-state index contributed by atoms with van der Waals surface area (Å²) in [5, 5.41) is 0. The average molecular weight is 367 g/mol. The van der Waals surface area contributed by atoms with Gasteiger partial charge < -0.3 is 9.32 Å². The molecule has 0 aliphatic carbocycles. The summed E-state index contributed by atoms with van der Waals surface area (Å²) in [4.78, 5) is 21.7. The van der Waals surface area contributed by atoms with Gasteiger partial charge in [0.05, 0.1) is 6.54 Å². The molecule has 5 nitrogen and oxygen atoms in total. The van der Waals surface area contributed by atoms with E-state index in [0.29, 0.717) is 6.42 Å². The maximum atomic E-state index is 12.8. The highest BCUT2D eigenvalue weighted by molar-refractivity contribution is 5.76. The van der Waals surface area contributed by atoms with Gasteiger partial charge in [-0.1, -0.05) is 6.07 Å². The largest absolute Gasteiger partial charge is 0.465 e. The summed E-state index contributed by atoms with van der Waals surface area (Å²) in [6.45, 7) is 5.69. The number of carbonyl (C=O) groups excluding carboxylic acids is 1. The van der Waals surface area contributed by atoms with Crippen molar-refractivity contribution in [1.29, 1.82) is 0 Å². The minimum absolute atomic E-state index is 0.128. The number of hydrogen-bond acceptors (Lipinski definition) is 4. The molecule has 1 unspecified atom stereocenters. The van der Waals surface area contributed by atoms with Crippen molar-refractivity contribution in [2.45, 2.75) is 57.5 Å². The molecule has 2 aliphatic heterocycles. The molecular formula is C22H29N3O2. The summed E-state index contributed by atoms with van der Waals surface area (Å²) in [7, 11) is 0. The van der Waals surface area contributed by atoms with Gasteiger partial charge in [-0.15, -0.1) is 0 Å². The number of aromatic nitrogens is 1. The molecule has 1 atom stereocenters. The number of hydrogen-bond donors (Lipinski definition) is 0. The van der Waals surface area contributed by atoms with Crippen LogP contribution in [0.1, 0.15) is 49.2 Å². The van der Waals surface area contributed by atoms with Gasteiger partial charge in [-0.05, 0) is 69.3 Å². The molecule has 0 saturated carbocycles. The van der Waals surface area contributed by atoms with Crippen molar-refractivity contribution in [3.63, 3.8) is 0 Å². The van der Waals surface area contributed by atoms with Crippen molar-refractivity contribution in [3.8, 4) is 0 Å². The van der Waals surface area contributed by atoms with Crippen LogP contribution in [0, 0.1) is 6.92 Å². The first-order chi connectivity index (χ1) is 13.1. The highest BCUT2D eigenvalue weighted by atomic mass is 16.3. The molecule has 0 bridgehead atoms. The van der Waals surface area contributed by atoms with E-state index >= 15 is 0 Å². The van der Waals surface area contributed by atoms with Crippen LogP contribution in [0.5, 0.6) is 0 Å². The maximum absolute atomic E-state index is 12.8. The Morgan fingerprint density at radius 1 is 1.22 bits per heavy atom. The standard InChI is InChI=1S/C22H29N3O2/c1-18-6-8-20(27-18)16-25-14-4-11-22(25)10-3-13-24(17-22)21(26)9-7-19-5-2-12-23-15-19/h2,5-6,8,12,15H,3-4,7,9-11,13-14,16-17H2,1H3. The Morgan fingerprint density at radius 2 is 2.07 bits per heavy atom. The summed E-state index contributed by atoms with van der Waals surface area (Å²) in [5.41, 5.74) is 1.26. The fraction of sp³-hybridized carbons (Fsp3) is 0.545. The maximum Gasteiger partial charge on any atom is 0.222 e. The van der Waals surface area contributed by atoms with Gasteiger partial charge in [0, 0.05) is 37.4 Å². The van der Waals surface area contributed by atoms with Crippen LogP contribution in [-0.2, 0) is 17.8 Å². The lowest BCUT2D eigenvalue weighted by Crippen LogP contribution is -2.56. The molecule has 4 rings (SSSR count).